The first kappa shape index (κ1) is 24.0. The van der Waals surface area contributed by atoms with Gasteiger partial charge < -0.3 is 10.1 Å². The smallest absolute Gasteiger partial charge is 0.416 e. The summed E-state index contributed by atoms with van der Waals surface area (Å²) in [5.41, 5.74) is -0.120. The van der Waals surface area contributed by atoms with Gasteiger partial charge in [-0.25, -0.2) is 13.2 Å². The van der Waals surface area contributed by atoms with E-state index in [1.807, 2.05) is 0 Å². The zero-order valence-corrected chi connectivity index (χ0v) is 19.0. The van der Waals surface area contributed by atoms with Crippen LogP contribution in [0.25, 0.3) is 10.9 Å². The Labute approximate surface area is 194 Å². The number of aromatic nitrogens is 1. The maximum atomic E-state index is 13.1. The number of carbonyl (C=O) groups excluding carboxylic acids is 1. The van der Waals surface area contributed by atoms with Gasteiger partial charge in [-0.2, -0.15) is 17.5 Å². The summed E-state index contributed by atoms with van der Waals surface area (Å²) in [6, 6.07) is 9.03. The fourth-order valence-electron chi connectivity index (χ4n) is 3.80. The number of nitrogens with zero attached hydrogens (tertiary/aromatic N) is 2. The van der Waals surface area contributed by atoms with E-state index in [1.165, 1.54) is 34.6 Å². The van der Waals surface area contributed by atoms with E-state index in [4.69, 9.17) is 4.74 Å². The van der Waals surface area contributed by atoms with Gasteiger partial charge in [-0.05, 0) is 56.2 Å². The Hall–Kier alpha value is -3.18. The van der Waals surface area contributed by atoms with Crippen LogP contribution in [0.2, 0.25) is 0 Å². The molecular formula is C23H22F3N3O4S. The summed E-state index contributed by atoms with van der Waals surface area (Å²) in [6.07, 6.45) is -1.74. The standard InChI is InChI=1S/C23H22F3N3O4S/c1-2-33-22(30)19-14-27-20-13-15(23(24,25)26)5-10-18(20)21(19)28-16-6-8-17(9-7-16)34(31,32)29-11-3-4-12-29/h5-10,13-14H,2-4,11-12H2,1H3,(H,27,28). The molecule has 3 aromatic rings. The molecule has 0 aliphatic carbocycles. The molecule has 1 N–H and O–H groups in total. The molecule has 0 saturated carbocycles. The second kappa shape index (κ2) is 9.22. The summed E-state index contributed by atoms with van der Waals surface area (Å²) in [7, 11) is -3.60. The summed E-state index contributed by atoms with van der Waals surface area (Å²) >= 11 is 0. The molecule has 1 fully saturated rings. The summed E-state index contributed by atoms with van der Waals surface area (Å²) in [6.45, 7) is 2.70. The molecular weight excluding hydrogens is 471 g/mol. The number of hydrogen-bond donors (Lipinski definition) is 1. The highest BCUT2D eigenvalue weighted by Crippen LogP contribution is 2.35. The summed E-state index contributed by atoms with van der Waals surface area (Å²) < 4.78 is 71.4. The summed E-state index contributed by atoms with van der Waals surface area (Å²) in [5.74, 6) is -0.687. The average Bonchev–Trinajstić information content (AvgIpc) is 3.35. The number of fused-ring (bicyclic) bond motifs is 1. The monoisotopic (exact) mass is 493 g/mol. The molecule has 1 aliphatic rings. The van der Waals surface area contributed by atoms with Crippen molar-refractivity contribution in [3.05, 3.63) is 59.8 Å². The van der Waals surface area contributed by atoms with Crippen LogP contribution in [0.3, 0.4) is 0 Å². The van der Waals surface area contributed by atoms with Crippen molar-refractivity contribution >= 4 is 38.3 Å². The fourth-order valence-corrected chi connectivity index (χ4v) is 5.32. The number of carbonyl (C=O) groups is 1. The first-order valence-electron chi connectivity index (χ1n) is 10.7. The Bertz CT molecular complexity index is 1320. The van der Waals surface area contributed by atoms with E-state index in [9.17, 15) is 26.4 Å². The van der Waals surface area contributed by atoms with Gasteiger partial charge >= 0.3 is 12.1 Å². The van der Waals surface area contributed by atoms with Crippen molar-refractivity contribution in [3.63, 3.8) is 0 Å². The van der Waals surface area contributed by atoms with E-state index in [-0.39, 0.29) is 33.7 Å². The molecule has 180 valence electrons. The topological polar surface area (TPSA) is 88.6 Å². The quantitative estimate of drug-likeness (QED) is 0.489. The first-order valence-corrected chi connectivity index (χ1v) is 12.1. The van der Waals surface area contributed by atoms with Gasteiger partial charge in [0.05, 0.1) is 28.3 Å². The van der Waals surface area contributed by atoms with Crippen LogP contribution in [0, 0.1) is 0 Å². The van der Waals surface area contributed by atoms with E-state index in [1.54, 1.807) is 6.92 Å². The minimum absolute atomic E-state index is 0.0404. The van der Waals surface area contributed by atoms with Gasteiger partial charge in [-0.15, -0.1) is 0 Å². The van der Waals surface area contributed by atoms with Crippen LogP contribution in [0.1, 0.15) is 35.7 Å². The molecule has 0 radical (unpaired) electrons. The van der Waals surface area contributed by atoms with E-state index in [0.29, 0.717) is 18.8 Å². The molecule has 0 atom stereocenters. The van der Waals surface area contributed by atoms with Crippen molar-refractivity contribution < 1.29 is 31.1 Å². The fraction of sp³-hybridized carbons (Fsp3) is 0.304. The number of alkyl halides is 3. The van der Waals surface area contributed by atoms with E-state index < -0.39 is 27.7 Å². The minimum Gasteiger partial charge on any atom is -0.462 e. The van der Waals surface area contributed by atoms with E-state index in [0.717, 1.165) is 31.2 Å². The Morgan fingerprint density at radius 3 is 2.41 bits per heavy atom. The van der Waals surface area contributed by atoms with Crippen LogP contribution in [-0.2, 0) is 20.9 Å². The molecule has 2 aromatic carbocycles. The van der Waals surface area contributed by atoms with Crippen LogP contribution in [-0.4, -0.2) is 43.4 Å². The van der Waals surface area contributed by atoms with Gasteiger partial charge in [-0.1, -0.05) is 6.07 Å². The van der Waals surface area contributed by atoms with Gasteiger partial charge in [0.15, 0.2) is 0 Å². The number of esters is 1. The van der Waals surface area contributed by atoms with Gasteiger partial charge in [0.2, 0.25) is 10.0 Å². The van der Waals surface area contributed by atoms with Gasteiger partial charge in [0, 0.05) is 30.4 Å². The van der Waals surface area contributed by atoms with Crippen molar-refractivity contribution in [2.24, 2.45) is 0 Å². The SMILES string of the molecule is CCOC(=O)c1cnc2cc(C(F)(F)F)ccc2c1Nc1ccc(S(=O)(=O)N2CCCC2)cc1. The number of hydrogen-bond acceptors (Lipinski definition) is 6. The summed E-state index contributed by atoms with van der Waals surface area (Å²) in [5, 5.41) is 3.32. The molecule has 2 heterocycles. The summed E-state index contributed by atoms with van der Waals surface area (Å²) in [4.78, 5) is 16.7. The Morgan fingerprint density at radius 2 is 1.79 bits per heavy atom. The molecule has 7 nitrogen and oxygen atoms in total. The van der Waals surface area contributed by atoms with Crippen molar-refractivity contribution in [1.82, 2.24) is 9.29 Å². The molecule has 34 heavy (non-hydrogen) atoms. The van der Waals surface area contributed by atoms with Crippen LogP contribution < -0.4 is 5.32 Å². The lowest BCUT2D eigenvalue weighted by molar-refractivity contribution is -0.137. The number of rotatable bonds is 6. The normalized spacial score (nSPS) is 14.9. The largest absolute Gasteiger partial charge is 0.462 e. The Kier molecular flexibility index (Phi) is 6.50. The van der Waals surface area contributed by atoms with Crippen molar-refractivity contribution in [2.75, 3.05) is 25.0 Å². The Morgan fingerprint density at radius 1 is 1.12 bits per heavy atom. The van der Waals surface area contributed by atoms with Gasteiger partial charge in [0.1, 0.15) is 5.56 Å². The minimum atomic E-state index is -4.54. The van der Waals surface area contributed by atoms with Crippen LogP contribution in [0.4, 0.5) is 24.5 Å². The zero-order chi connectivity index (χ0) is 24.5. The first-order chi connectivity index (χ1) is 16.1. The Balaban J connectivity index is 1.73. The lowest BCUT2D eigenvalue weighted by Crippen LogP contribution is -2.27. The van der Waals surface area contributed by atoms with Crippen LogP contribution in [0.15, 0.2) is 53.6 Å². The highest BCUT2D eigenvalue weighted by Gasteiger charge is 2.31. The predicted molar refractivity (Wildman–Crippen MR) is 120 cm³/mol. The second-order valence-corrected chi connectivity index (χ2v) is 9.70. The number of sulfonamides is 1. The van der Waals surface area contributed by atoms with Crippen LogP contribution >= 0.6 is 0 Å². The molecule has 0 spiro atoms. The molecule has 1 aromatic heterocycles. The molecule has 1 saturated heterocycles. The van der Waals surface area contributed by atoms with Gasteiger partial charge in [0.25, 0.3) is 0 Å². The molecule has 1 aliphatic heterocycles. The lowest BCUT2D eigenvalue weighted by Gasteiger charge is -2.17. The highest BCUT2D eigenvalue weighted by molar-refractivity contribution is 7.89. The third-order valence-electron chi connectivity index (χ3n) is 5.52. The molecule has 11 heteroatoms. The highest BCUT2D eigenvalue weighted by atomic mass is 32.2. The van der Waals surface area contributed by atoms with Crippen molar-refractivity contribution in [3.8, 4) is 0 Å². The number of anilines is 2. The molecule has 4 rings (SSSR count). The van der Waals surface area contributed by atoms with Gasteiger partial charge in [-0.3, -0.25) is 4.98 Å². The maximum absolute atomic E-state index is 13.1. The number of pyridine rings is 1. The predicted octanol–water partition coefficient (Wildman–Crippen LogP) is 4.96. The maximum Gasteiger partial charge on any atom is 0.416 e. The van der Waals surface area contributed by atoms with E-state index in [2.05, 4.69) is 10.3 Å². The van der Waals surface area contributed by atoms with Crippen molar-refractivity contribution in [1.29, 1.82) is 0 Å². The van der Waals surface area contributed by atoms with Crippen molar-refractivity contribution in [2.45, 2.75) is 30.8 Å². The third kappa shape index (κ3) is 4.71. The lowest BCUT2D eigenvalue weighted by atomic mass is 10.1. The molecule has 0 amide bonds. The number of nitrogens with one attached hydrogen (secondary N) is 1. The average molecular weight is 494 g/mol. The molecule has 0 unspecified atom stereocenters. The zero-order valence-electron chi connectivity index (χ0n) is 18.2. The third-order valence-corrected chi connectivity index (χ3v) is 7.43. The van der Waals surface area contributed by atoms with E-state index >= 15 is 0 Å². The number of benzene rings is 2. The number of halogens is 3. The van der Waals surface area contributed by atoms with Crippen LogP contribution in [0.5, 0.6) is 0 Å². The second-order valence-electron chi connectivity index (χ2n) is 7.76. The number of ether oxygens (including phenoxy) is 1. The molecule has 0 bridgehead atoms.